The summed E-state index contributed by atoms with van der Waals surface area (Å²) in [5.74, 6) is -0.0672. The van der Waals surface area contributed by atoms with Crippen LogP contribution in [0.1, 0.15) is 38.5 Å². The number of rotatable bonds is 3. The molecule has 0 aromatic heterocycles. The molecule has 1 rings (SSSR count). The summed E-state index contributed by atoms with van der Waals surface area (Å²) in [5.41, 5.74) is -3.04. The third-order valence-electron chi connectivity index (χ3n) is 2.12. The first-order valence-electron chi connectivity index (χ1n) is 9.33. The molecule has 17 heavy (non-hydrogen) atoms. The summed E-state index contributed by atoms with van der Waals surface area (Å²) >= 11 is 0. The highest BCUT2D eigenvalue weighted by atomic mass is 16.5. The topological polar surface area (TPSA) is 49.7 Å². The van der Waals surface area contributed by atoms with Crippen molar-refractivity contribution in [1.82, 2.24) is 0 Å². The molecule has 0 aliphatic rings. The lowest BCUT2D eigenvalue weighted by Crippen LogP contribution is -2.23. The van der Waals surface area contributed by atoms with E-state index in [1.807, 2.05) is 0 Å². The lowest BCUT2D eigenvalue weighted by Gasteiger charge is -2.22. The second-order valence-electron chi connectivity index (χ2n) is 3.54. The van der Waals surface area contributed by atoms with Gasteiger partial charge in [0.05, 0.1) is 13.2 Å². The number of aliphatic hydroxyl groups is 1. The largest absolute Gasteiger partial charge is 0.504 e. The lowest BCUT2D eigenvalue weighted by molar-refractivity contribution is 0.106. The van der Waals surface area contributed by atoms with Gasteiger partial charge in [-0.05, 0) is 23.1 Å². The molecule has 0 radical (unpaired) electrons. The predicted octanol–water partition coefficient (Wildman–Crippen LogP) is 2.82. The summed E-state index contributed by atoms with van der Waals surface area (Å²) < 4.78 is 72.6. The molecule has 0 fully saturated rings. The zero-order valence-electron chi connectivity index (χ0n) is 18.3. The summed E-state index contributed by atoms with van der Waals surface area (Å²) in [6, 6.07) is 4.01. The van der Waals surface area contributed by atoms with Gasteiger partial charge in [0, 0.05) is 12.3 Å². The molecule has 0 heterocycles. The molecular weight excluding hydrogens is 216 g/mol. The van der Waals surface area contributed by atoms with Crippen LogP contribution in [0.5, 0.6) is 11.5 Å². The third kappa shape index (κ3) is 3.79. The second-order valence-corrected chi connectivity index (χ2v) is 3.54. The molecule has 0 saturated carbocycles. The van der Waals surface area contributed by atoms with Gasteiger partial charge in [-0.25, -0.2) is 0 Å². The number of methoxy groups -OCH3 is 1. The number of ether oxygens (including phenoxy) is 1. The number of hydrogen-bond donors (Lipinski definition) is 2. The van der Waals surface area contributed by atoms with Crippen molar-refractivity contribution >= 4 is 6.08 Å². The van der Waals surface area contributed by atoms with Crippen molar-refractivity contribution in [2.24, 2.45) is 5.41 Å². The SMILES string of the molecule is [2H]C([2H])([2H])C(C(O)C=Cc1ccc(O)c(OC)c1)(C([2H])([2H])[2H])C([2H])([2H])[2H]. The van der Waals surface area contributed by atoms with E-state index in [4.69, 9.17) is 17.1 Å². The minimum absolute atomic E-state index is 0.0929. The van der Waals surface area contributed by atoms with Crippen molar-refractivity contribution < 1.29 is 27.3 Å². The van der Waals surface area contributed by atoms with Crippen molar-refractivity contribution in [3.8, 4) is 11.5 Å². The van der Waals surface area contributed by atoms with Gasteiger partial charge in [0.15, 0.2) is 11.5 Å². The molecule has 94 valence electrons. The lowest BCUT2D eigenvalue weighted by atomic mass is 9.89. The van der Waals surface area contributed by atoms with E-state index in [1.54, 1.807) is 0 Å². The zero-order chi connectivity index (χ0) is 20.6. The second kappa shape index (κ2) is 5.23. The predicted molar refractivity (Wildman–Crippen MR) is 69.2 cm³/mol. The third-order valence-corrected chi connectivity index (χ3v) is 2.12. The molecule has 0 saturated heterocycles. The fraction of sp³-hybridized carbons (Fsp3) is 0.429. The van der Waals surface area contributed by atoms with Crippen LogP contribution in [0.25, 0.3) is 6.08 Å². The Morgan fingerprint density at radius 3 is 2.71 bits per heavy atom. The summed E-state index contributed by atoms with van der Waals surface area (Å²) in [7, 11) is 1.31. The quantitative estimate of drug-likeness (QED) is 0.861. The minimum Gasteiger partial charge on any atom is -0.504 e. The number of benzene rings is 1. The highest BCUT2D eigenvalue weighted by molar-refractivity contribution is 5.55. The molecule has 0 bridgehead atoms. The number of aromatic hydroxyl groups is 1. The van der Waals surface area contributed by atoms with Crippen LogP contribution in [0, 0.1) is 5.41 Å². The Kier molecular flexibility index (Phi) is 1.68. The van der Waals surface area contributed by atoms with Crippen molar-refractivity contribution in [2.75, 3.05) is 7.11 Å². The van der Waals surface area contributed by atoms with Gasteiger partial charge >= 0.3 is 0 Å². The molecule has 0 spiro atoms. The van der Waals surface area contributed by atoms with Gasteiger partial charge in [0.25, 0.3) is 0 Å². The van der Waals surface area contributed by atoms with E-state index >= 15 is 0 Å². The van der Waals surface area contributed by atoms with Crippen LogP contribution in [-0.4, -0.2) is 23.4 Å². The van der Waals surface area contributed by atoms with E-state index in [2.05, 4.69) is 0 Å². The van der Waals surface area contributed by atoms with Gasteiger partial charge in [0.1, 0.15) is 0 Å². The zero-order valence-corrected chi connectivity index (χ0v) is 9.27. The summed E-state index contributed by atoms with van der Waals surface area (Å²) in [6.45, 7) is -10.5. The van der Waals surface area contributed by atoms with Gasteiger partial charge in [-0.1, -0.05) is 38.8 Å². The first kappa shape index (κ1) is 5.44. The number of aliphatic hydroxyl groups excluding tert-OH is 1. The average molecular weight is 245 g/mol. The highest BCUT2D eigenvalue weighted by Crippen LogP contribution is 2.27. The van der Waals surface area contributed by atoms with E-state index in [9.17, 15) is 10.2 Å². The van der Waals surface area contributed by atoms with Gasteiger partial charge in [-0.15, -0.1) is 0 Å². The normalized spacial score (nSPS) is 24.0. The van der Waals surface area contributed by atoms with Gasteiger partial charge < -0.3 is 14.9 Å². The molecule has 1 atom stereocenters. The maximum Gasteiger partial charge on any atom is 0.161 e. The summed E-state index contributed by atoms with van der Waals surface area (Å²) in [6.07, 6.45) is -0.364. The van der Waals surface area contributed by atoms with Crippen LogP contribution < -0.4 is 4.74 Å². The van der Waals surface area contributed by atoms with Gasteiger partial charge in [0.2, 0.25) is 0 Å². The number of phenols is 1. The molecule has 1 unspecified atom stereocenters. The molecular formula is C14H20O3. The van der Waals surface area contributed by atoms with E-state index in [-0.39, 0.29) is 11.5 Å². The van der Waals surface area contributed by atoms with E-state index in [0.29, 0.717) is 5.56 Å². The first-order chi connectivity index (χ1) is 11.6. The summed E-state index contributed by atoms with van der Waals surface area (Å²) in [5, 5.41) is 19.9. The maximum atomic E-state index is 10.4. The van der Waals surface area contributed by atoms with Crippen molar-refractivity contribution in [1.29, 1.82) is 0 Å². The molecule has 2 N–H and O–H groups in total. The van der Waals surface area contributed by atoms with Gasteiger partial charge in [-0.2, -0.15) is 0 Å². The van der Waals surface area contributed by atoms with E-state index in [1.165, 1.54) is 25.3 Å². The van der Waals surface area contributed by atoms with Crippen LogP contribution in [-0.2, 0) is 0 Å². The monoisotopic (exact) mass is 245 g/mol. The maximum absolute atomic E-state index is 10.4. The Bertz CT molecular complexity index is 623. The van der Waals surface area contributed by atoms with Crippen molar-refractivity contribution in [3.63, 3.8) is 0 Å². The van der Waals surface area contributed by atoms with Crippen LogP contribution >= 0.6 is 0 Å². The number of hydrogen-bond acceptors (Lipinski definition) is 3. The first-order valence-corrected chi connectivity index (χ1v) is 4.83. The fourth-order valence-electron chi connectivity index (χ4n) is 1.14. The Balaban J connectivity index is 3.45. The molecule has 0 aliphatic heterocycles. The summed E-state index contributed by atoms with van der Waals surface area (Å²) in [4.78, 5) is 0. The Morgan fingerprint density at radius 1 is 1.41 bits per heavy atom. The smallest absolute Gasteiger partial charge is 0.161 e. The molecule has 0 aliphatic carbocycles. The van der Waals surface area contributed by atoms with E-state index in [0.717, 1.165) is 12.2 Å². The van der Waals surface area contributed by atoms with Gasteiger partial charge in [-0.3, -0.25) is 0 Å². The van der Waals surface area contributed by atoms with Crippen LogP contribution in [0.4, 0.5) is 0 Å². The number of phenolic OH excluding ortho intramolecular Hbond substituents is 1. The standard InChI is InChI=1S/C14H20O3/c1-14(2,3)13(16)8-6-10-5-7-11(15)12(9-10)17-4/h5-9,13,15-16H,1-4H3/i1D3,2D3,3D3. The Morgan fingerprint density at radius 2 is 2.12 bits per heavy atom. The van der Waals surface area contributed by atoms with Crippen LogP contribution in [0.2, 0.25) is 0 Å². The molecule has 1 aromatic carbocycles. The van der Waals surface area contributed by atoms with E-state index < -0.39 is 32.1 Å². The van der Waals surface area contributed by atoms with Crippen molar-refractivity contribution in [3.05, 3.63) is 29.8 Å². The Labute approximate surface area is 115 Å². The van der Waals surface area contributed by atoms with Crippen molar-refractivity contribution in [2.45, 2.75) is 26.7 Å². The Hall–Kier alpha value is -1.48. The molecule has 3 heteroatoms. The average Bonchev–Trinajstić information content (AvgIpc) is 2.42. The molecule has 1 aromatic rings. The highest BCUT2D eigenvalue weighted by Gasteiger charge is 2.18. The fourth-order valence-corrected chi connectivity index (χ4v) is 1.14. The minimum atomic E-state index is -3.50. The molecule has 3 nitrogen and oxygen atoms in total. The van der Waals surface area contributed by atoms with Crippen LogP contribution in [0.3, 0.4) is 0 Å². The van der Waals surface area contributed by atoms with Crippen LogP contribution in [0.15, 0.2) is 24.3 Å². The molecule has 0 amide bonds.